The summed E-state index contributed by atoms with van der Waals surface area (Å²) in [7, 11) is 0. The Morgan fingerprint density at radius 2 is 1.94 bits per heavy atom. The SMILES string of the molecule is Nc1nc(N(CC2CC2)C2CC2)c(F)cc1F. The molecular weight excluding hydrogens is 224 g/mol. The molecular formula is C12H15F2N3. The molecule has 0 aromatic carbocycles. The maximum absolute atomic E-state index is 13.7. The number of nitrogens with two attached hydrogens (primary N) is 1. The van der Waals surface area contributed by atoms with Crippen molar-refractivity contribution in [1.82, 2.24) is 4.98 Å². The van der Waals surface area contributed by atoms with Crippen LogP contribution in [-0.4, -0.2) is 17.6 Å². The molecule has 0 saturated heterocycles. The van der Waals surface area contributed by atoms with E-state index in [2.05, 4.69) is 4.98 Å². The van der Waals surface area contributed by atoms with Gasteiger partial charge in [0, 0.05) is 18.7 Å². The Bertz CT molecular complexity index is 442. The summed E-state index contributed by atoms with van der Waals surface area (Å²) in [5, 5.41) is 0. The van der Waals surface area contributed by atoms with Gasteiger partial charge in [-0.25, -0.2) is 13.8 Å². The minimum Gasteiger partial charge on any atom is -0.381 e. The highest BCUT2D eigenvalue weighted by atomic mass is 19.1. The van der Waals surface area contributed by atoms with Crippen molar-refractivity contribution in [1.29, 1.82) is 0 Å². The molecule has 0 amide bonds. The molecule has 0 aliphatic heterocycles. The molecule has 0 bridgehead atoms. The van der Waals surface area contributed by atoms with E-state index in [-0.39, 0.29) is 11.6 Å². The van der Waals surface area contributed by atoms with Crippen LogP contribution < -0.4 is 10.6 Å². The van der Waals surface area contributed by atoms with Crippen LogP contribution in [0.4, 0.5) is 20.4 Å². The van der Waals surface area contributed by atoms with Crippen LogP contribution in [0.5, 0.6) is 0 Å². The third-order valence-electron chi connectivity index (χ3n) is 3.35. The first-order valence-corrected chi connectivity index (χ1v) is 6.03. The zero-order valence-electron chi connectivity index (χ0n) is 9.50. The lowest BCUT2D eigenvalue weighted by Crippen LogP contribution is -2.30. The summed E-state index contributed by atoms with van der Waals surface area (Å²) in [6.45, 7) is 0.819. The molecule has 2 fully saturated rings. The minimum absolute atomic E-state index is 0.220. The number of pyridine rings is 1. The van der Waals surface area contributed by atoms with Crippen LogP contribution in [0.2, 0.25) is 0 Å². The summed E-state index contributed by atoms with van der Waals surface area (Å²) >= 11 is 0. The number of hydrogen-bond donors (Lipinski definition) is 1. The topological polar surface area (TPSA) is 42.1 Å². The average Bonchev–Trinajstić information content (AvgIpc) is 3.14. The Balaban J connectivity index is 1.90. The molecule has 0 atom stereocenters. The van der Waals surface area contributed by atoms with Crippen LogP contribution in [0.3, 0.4) is 0 Å². The van der Waals surface area contributed by atoms with E-state index >= 15 is 0 Å². The number of aromatic nitrogens is 1. The number of anilines is 2. The van der Waals surface area contributed by atoms with Crippen molar-refractivity contribution in [2.45, 2.75) is 31.7 Å². The van der Waals surface area contributed by atoms with Crippen LogP contribution in [0.1, 0.15) is 25.7 Å². The van der Waals surface area contributed by atoms with E-state index in [9.17, 15) is 8.78 Å². The van der Waals surface area contributed by atoms with Crippen molar-refractivity contribution in [2.24, 2.45) is 5.92 Å². The van der Waals surface area contributed by atoms with E-state index in [0.29, 0.717) is 12.0 Å². The maximum atomic E-state index is 13.7. The minimum atomic E-state index is -0.784. The third kappa shape index (κ3) is 2.18. The van der Waals surface area contributed by atoms with Gasteiger partial charge in [0.05, 0.1) is 0 Å². The second kappa shape index (κ2) is 3.82. The Hall–Kier alpha value is -1.39. The fraction of sp³-hybridized carbons (Fsp3) is 0.583. The van der Waals surface area contributed by atoms with Gasteiger partial charge in [0.15, 0.2) is 23.3 Å². The lowest BCUT2D eigenvalue weighted by Gasteiger charge is -2.24. The van der Waals surface area contributed by atoms with Gasteiger partial charge in [0.2, 0.25) is 0 Å². The van der Waals surface area contributed by atoms with Gasteiger partial charge in [0.25, 0.3) is 0 Å². The Kier molecular flexibility index (Phi) is 2.42. The molecule has 1 aromatic rings. The van der Waals surface area contributed by atoms with Gasteiger partial charge in [-0.1, -0.05) is 0 Å². The number of nitrogens with zero attached hydrogens (tertiary/aromatic N) is 2. The van der Waals surface area contributed by atoms with Crippen molar-refractivity contribution in [3.8, 4) is 0 Å². The molecule has 2 aliphatic carbocycles. The standard InChI is InChI=1S/C12H15F2N3/c13-9-5-10(14)12(16-11(9)15)17(8-3-4-8)6-7-1-2-7/h5,7-8H,1-4,6H2,(H2,15,16). The first-order valence-electron chi connectivity index (χ1n) is 6.03. The van der Waals surface area contributed by atoms with Gasteiger partial charge in [0.1, 0.15) is 0 Å². The van der Waals surface area contributed by atoms with E-state index in [1.54, 1.807) is 0 Å². The molecule has 3 nitrogen and oxygen atoms in total. The predicted octanol–water partition coefficient (Wildman–Crippen LogP) is 2.32. The summed E-state index contributed by atoms with van der Waals surface area (Å²) in [4.78, 5) is 5.83. The monoisotopic (exact) mass is 239 g/mol. The molecule has 0 spiro atoms. The number of hydrogen-bond acceptors (Lipinski definition) is 3. The first kappa shape index (κ1) is 10.7. The number of nitrogen functional groups attached to an aromatic ring is 1. The molecule has 2 N–H and O–H groups in total. The highest BCUT2D eigenvalue weighted by Gasteiger charge is 2.36. The normalized spacial score (nSPS) is 19.4. The molecule has 0 radical (unpaired) electrons. The molecule has 3 rings (SSSR count). The summed E-state index contributed by atoms with van der Waals surface area (Å²) in [6.07, 6.45) is 4.51. The largest absolute Gasteiger partial charge is 0.381 e. The zero-order valence-corrected chi connectivity index (χ0v) is 9.50. The van der Waals surface area contributed by atoms with Crippen molar-refractivity contribution < 1.29 is 8.78 Å². The molecule has 2 saturated carbocycles. The summed E-state index contributed by atoms with van der Waals surface area (Å²) in [6, 6.07) is 1.20. The van der Waals surface area contributed by atoms with Gasteiger partial charge < -0.3 is 10.6 Å². The summed E-state index contributed by atoms with van der Waals surface area (Å²) in [5.74, 6) is -0.748. The van der Waals surface area contributed by atoms with Crippen LogP contribution in [0.15, 0.2) is 6.07 Å². The van der Waals surface area contributed by atoms with E-state index < -0.39 is 11.6 Å². The van der Waals surface area contributed by atoms with Crippen LogP contribution >= 0.6 is 0 Å². The van der Waals surface area contributed by atoms with Crippen molar-refractivity contribution >= 4 is 11.6 Å². The zero-order chi connectivity index (χ0) is 12.0. The van der Waals surface area contributed by atoms with E-state index in [1.807, 2.05) is 4.90 Å². The fourth-order valence-corrected chi connectivity index (χ4v) is 2.05. The predicted molar refractivity (Wildman–Crippen MR) is 61.7 cm³/mol. The van der Waals surface area contributed by atoms with Gasteiger partial charge in [-0.2, -0.15) is 0 Å². The van der Waals surface area contributed by atoms with E-state index in [1.165, 1.54) is 12.8 Å². The van der Waals surface area contributed by atoms with E-state index in [0.717, 1.165) is 25.5 Å². The molecule has 5 heteroatoms. The second-order valence-corrected chi connectivity index (χ2v) is 4.99. The molecule has 1 heterocycles. The second-order valence-electron chi connectivity index (χ2n) is 4.99. The Morgan fingerprint density at radius 1 is 1.24 bits per heavy atom. The Labute approximate surface area is 98.6 Å². The highest BCUT2D eigenvalue weighted by molar-refractivity contribution is 5.49. The molecule has 0 unspecified atom stereocenters. The molecule has 1 aromatic heterocycles. The molecule has 92 valence electrons. The maximum Gasteiger partial charge on any atom is 0.168 e. The fourth-order valence-electron chi connectivity index (χ4n) is 2.05. The lowest BCUT2D eigenvalue weighted by atomic mass is 10.3. The van der Waals surface area contributed by atoms with E-state index in [4.69, 9.17) is 5.73 Å². The van der Waals surface area contributed by atoms with Crippen LogP contribution in [-0.2, 0) is 0 Å². The van der Waals surface area contributed by atoms with Crippen LogP contribution in [0.25, 0.3) is 0 Å². The average molecular weight is 239 g/mol. The number of rotatable bonds is 4. The van der Waals surface area contributed by atoms with Gasteiger partial charge in [-0.15, -0.1) is 0 Å². The first-order chi connectivity index (χ1) is 8.15. The van der Waals surface area contributed by atoms with Gasteiger partial charge in [-0.3, -0.25) is 0 Å². The van der Waals surface area contributed by atoms with Crippen LogP contribution in [0, 0.1) is 17.6 Å². The quantitative estimate of drug-likeness (QED) is 0.876. The smallest absolute Gasteiger partial charge is 0.168 e. The van der Waals surface area contributed by atoms with Crippen molar-refractivity contribution in [2.75, 3.05) is 17.2 Å². The Morgan fingerprint density at radius 3 is 2.53 bits per heavy atom. The summed E-state index contributed by atoms with van der Waals surface area (Å²) in [5.41, 5.74) is 5.41. The van der Waals surface area contributed by atoms with Gasteiger partial charge in [-0.05, 0) is 31.6 Å². The molecule has 17 heavy (non-hydrogen) atoms. The lowest BCUT2D eigenvalue weighted by molar-refractivity contribution is 0.566. The molecule has 2 aliphatic rings. The highest BCUT2D eigenvalue weighted by Crippen LogP contribution is 2.38. The van der Waals surface area contributed by atoms with Gasteiger partial charge >= 0.3 is 0 Å². The van der Waals surface area contributed by atoms with Crippen molar-refractivity contribution in [3.05, 3.63) is 17.7 Å². The third-order valence-corrected chi connectivity index (χ3v) is 3.35. The van der Waals surface area contributed by atoms with Crippen molar-refractivity contribution in [3.63, 3.8) is 0 Å². The number of halogens is 2. The summed E-state index contributed by atoms with van der Waals surface area (Å²) < 4.78 is 26.8.